The van der Waals surface area contributed by atoms with Crippen LogP contribution in [0.3, 0.4) is 0 Å². The molecule has 6 nitrogen and oxygen atoms in total. The Kier molecular flexibility index (Phi) is 3.58. The van der Waals surface area contributed by atoms with Crippen molar-refractivity contribution in [3.05, 3.63) is 34.0 Å². The normalized spacial score (nSPS) is 25.4. The molecule has 1 aromatic rings. The second-order valence-corrected chi connectivity index (χ2v) is 8.58. The van der Waals surface area contributed by atoms with E-state index in [-0.39, 0.29) is 17.4 Å². The fraction of sp³-hybridized carbons (Fsp3) is 0.571. The lowest BCUT2D eigenvalue weighted by Gasteiger charge is -2.46. The molecule has 1 spiro atoms. The van der Waals surface area contributed by atoms with Gasteiger partial charge in [-0.3, -0.25) is 9.59 Å². The van der Waals surface area contributed by atoms with Gasteiger partial charge in [0.2, 0.25) is 0 Å². The van der Waals surface area contributed by atoms with E-state index in [1.54, 1.807) is 0 Å². The zero-order chi connectivity index (χ0) is 16.0. The van der Waals surface area contributed by atoms with Crippen LogP contribution in [0.15, 0.2) is 17.1 Å². The summed E-state index contributed by atoms with van der Waals surface area (Å²) in [7, 11) is -3.11. The van der Waals surface area contributed by atoms with E-state index in [9.17, 15) is 22.4 Å². The predicted molar refractivity (Wildman–Crippen MR) is 77.9 cm³/mol. The van der Waals surface area contributed by atoms with Gasteiger partial charge < -0.3 is 10.3 Å². The molecule has 1 amide bonds. The SMILES string of the molecule is O=C(N[C@H]1CCS(=O)(=O)C2(CCC2)C1)c1cc(F)c[nH]c1=O. The molecular weight excluding hydrogens is 311 g/mol. The number of carbonyl (C=O) groups is 1. The summed E-state index contributed by atoms with van der Waals surface area (Å²) in [6.07, 6.45) is 3.71. The molecule has 120 valence electrons. The fourth-order valence-corrected chi connectivity index (χ4v) is 5.68. The van der Waals surface area contributed by atoms with Crippen molar-refractivity contribution < 1.29 is 17.6 Å². The molecule has 2 aliphatic rings. The zero-order valence-electron chi connectivity index (χ0n) is 11.9. The highest BCUT2D eigenvalue weighted by atomic mass is 32.2. The first kappa shape index (κ1) is 15.2. The van der Waals surface area contributed by atoms with Crippen molar-refractivity contribution in [3.63, 3.8) is 0 Å². The van der Waals surface area contributed by atoms with Crippen molar-refractivity contribution >= 4 is 15.7 Å². The summed E-state index contributed by atoms with van der Waals surface area (Å²) in [5.41, 5.74) is -0.961. The number of amides is 1. The molecule has 1 saturated heterocycles. The Morgan fingerprint density at radius 2 is 2.14 bits per heavy atom. The predicted octanol–water partition coefficient (Wildman–Crippen LogP) is 0.744. The number of carbonyl (C=O) groups excluding carboxylic acids is 1. The molecule has 2 N–H and O–H groups in total. The van der Waals surface area contributed by atoms with E-state index < -0.39 is 31.9 Å². The Hall–Kier alpha value is -1.70. The lowest BCUT2D eigenvalue weighted by Crippen LogP contribution is -2.56. The second kappa shape index (κ2) is 5.19. The Bertz CT molecular complexity index is 767. The molecule has 1 aromatic heterocycles. The van der Waals surface area contributed by atoms with Gasteiger partial charge in [0.15, 0.2) is 9.84 Å². The van der Waals surface area contributed by atoms with Crippen LogP contribution in [0.2, 0.25) is 0 Å². The van der Waals surface area contributed by atoms with Crippen LogP contribution in [-0.2, 0) is 9.84 Å². The first-order valence-corrected chi connectivity index (χ1v) is 8.90. The molecule has 2 heterocycles. The zero-order valence-corrected chi connectivity index (χ0v) is 12.7. The maximum atomic E-state index is 13.1. The van der Waals surface area contributed by atoms with Crippen molar-refractivity contribution in [1.29, 1.82) is 0 Å². The Labute approximate surface area is 127 Å². The fourth-order valence-electron chi connectivity index (χ4n) is 3.29. The van der Waals surface area contributed by atoms with Gasteiger partial charge in [0.1, 0.15) is 11.4 Å². The van der Waals surface area contributed by atoms with E-state index in [1.165, 1.54) is 0 Å². The molecule has 8 heteroatoms. The van der Waals surface area contributed by atoms with Crippen molar-refractivity contribution in [2.75, 3.05) is 5.75 Å². The third kappa shape index (κ3) is 2.45. The summed E-state index contributed by atoms with van der Waals surface area (Å²) in [5.74, 6) is -1.33. The molecular formula is C14H17FN2O4S. The van der Waals surface area contributed by atoms with Gasteiger partial charge >= 0.3 is 0 Å². The maximum Gasteiger partial charge on any atom is 0.260 e. The average Bonchev–Trinajstić information content (AvgIpc) is 2.41. The second-order valence-electron chi connectivity index (χ2n) is 6.08. The van der Waals surface area contributed by atoms with E-state index in [1.807, 2.05) is 0 Å². The molecule has 0 aromatic carbocycles. The first-order valence-electron chi connectivity index (χ1n) is 7.24. The van der Waals surface area contributed by atoms with Gasteiger partial charge in [-0.1, -0.05) is 6.42 Å². The minimum atomic E-state index is -3.11. The number of H-pyrrole nitrogens is 1. The van der Waals surface area contributed by atoms with E-state index in [2.05, 4.69) is 10.3 Å². The summed E-state index contributed by atoms with van der Waals surface area (Å²) in [6, 6.07) is 0.575. The van der Waals surface area contributed by atoms with Crippen LogP contribution in [-0.4, -0.2) is 35.9 Å². The summed E-state index contributed by atoms with van der Waals surface area (Å²) in [4.78, 5) is 25.8. The van der Waals surface area contributed by atoms with Crippen molar-refractivity contribution in [1.82, 2.24) is 10.3 Å². The number of hydrogen-bond donors (Lipinski definition) is 2. The van der Waals surface area contributed by atoms with Crippen LogP contribution in [0.1, 0.15) is 42.5 Å². The Balaban J connectivity index is 1.75. The molecule has 0 bridgehead atoms. The number of pyridine rings is 1. The Morgan fingerprint density at radius 1 is 1.41 bits per heavy atom. The van der Waals surface area contributed by atoms with E-state index in [0.29, 0.717) is 25.7 Å². The first-order chi connectivity index (χ1) is 10.3. The third-order valence-corrected chi connectivity index (χ3v) is 7.39. The number of aromatic nitrogens is 1. The van der Waals surface area contributed by atoms with E-state index in [4.69, 9.17) is 0 Å². The molecule has 1 saturated carbocycles. The van der Waals surface area contributed by atoms with Crippen LogP contribution in [0.5, 0.6) is 0 Å². The monoisotopic (exact) mass is 328 g/mol. The quantitative estimate of drug-likeness (QED) is 0.837. The number of sulfone groups is 1. The van der Waals surface area contributed by atoms with Crippen LogP contribution in [0.25, 0.3) is 0 Å². The largest absolute Gasteiger partial charge is 0.349 e. The molecule has 2 fully saturated rings. The van der Waals surface area contributed by atoms with Crippen molar-refractivity contribution in [2.45, 2.75) is 42.9 Å². The molecule has 1 aliphatic carbocycles. The van der Waals surface area contributed by atoms with E-state index >= 15 is 0 Å². The van der Waals surface area contributed by atoms with Gasteiger partial charge in [0, 0.05) is 12.2 Å². The van der Waals surface area contributed by atoms with Gasteiger partial charge in [-0.25, -0.2) is 12.8 Å². The molecule has 22 heavy (non-hydrogen) atoms. The Morgan fingerprint density at radius 3 is 2.77 bits per heavy atom. The van der Waals surface area contributed by atoms with Gasteiger partial charge in [-0.2, -0.15) is 0 Å². The number of hydrogen-bond acceptors (Lipinski definition) is 4. The molecule has 0 radical (unpaired) electrons. The van der Waals surface area contributed by atoms with Gasteiger partial charge in [0.25, 0.3) is 11.5 Å². The summed E-state index contributed by atoms with van der Waals surface area (Å²) >= 11 is 0. The van der Waals surface area contributed by atoms with E-state index in [0.717, 1.165) is 18.7 Å². The highest BCUT2D eigenvalue weighted by Crippen LogP contribution is 2.46. The van der Waals surface area contributed by atoms with Gasteiger partial charge in [-0.15, -0.1) is 0 Å². The number of halogens is 1. The highest BCUT2D eigenvalue weighted by Gasteiger charge is 2.52. The maximum absolute atomic E-state index is 13.1. The number of rotatable bonds is 2. The molecule has 0 unspecified atom stereocenters. The van der Waals surface area contributed by atoms with Crippen molar-refractivity contribution in [3.8, 4) is 0 Å². The lowest BCUT2D eigenvalue weighted by atomic mass is 9.78. The van der Waals surface area contributed by atoms with Crippen LogP contribution in [0, 0.1) is 5.82 Å². The average molecular weight is 328 g/mol. The summed E-state index contributed by atoms with van der Waals surface area (Å²) < 4.78 is 36.8. The van der Waals surface area contributed by atoms with Gasteiger partial charge in [-0.05, 0) is 31.7 Å². The van der Waals surface area contributed by atoms with Crippen LogP contribution < -0.4 is 10.9 Å². The summed E-state index contributed by atoms with van der Waals surface area (Å²) in [6.45, 7) is 0. The van der Waals surface area contributed by atoms with Crippen LogP contribution >= 0.6 is 0 Å². The minimum Gasteiger partial charge on any atom is -0.349 e. The molecule has 1 aliphatic heterocycles. The lowest BCUT2D eigenvalue weighted by molar-refractivity contribution is 0.0922. The topological polar surface area (TPSA) is 96.1 Å². The smallest absolute Gasteiger partial charge is 0.260 e. The number of nitrogens with one attached hydrogen (secondary N) is 2. The number of aromatic amines is 1. The molecule has 3 rings (SSSR count). The highest BCUT2D eigenvalue weighted by molar-refractivity contribution is 7.92. The van der Waals surface area contributed by atoms with Crippen molar-refractivity contribution in [2.24, 2.45) is 0 Å². The third-order valence-electron chi connectivity index (χ3n) is 4.73. The summed E-state index contributed by atoms with van der Waals surface area (Å²) in [5, 5.41) is 2.67. The minimum absolute atomic E-state index is 0.0391. The van der Waals surface area contributed by atoms with Crippen LogP contribution in [0.4, 0.5) is 4.39 Å². The molecule has 1 atom stereocenters. The van der Waals surface area contributed by atoms with Gasteiger partial charge in [0.05, 0.1) is 10.5 Å². The standard InChI is InChI=1S/C14H17FN2O4S/c15-9-6-11(12(18)16-8-9)13(19)17-10-2-5-22(20,21)14(7-10)3-1-4-14/h6,8,10H,1-5,7H2,(H,16,18)(H,17,19)/t10-/m0/s1.